The first-order valence-corrected chi connectivity index (χ1v) is 8.55. The van der Waals surface area contributed by atoms with Gasteiger partial charge in [-0.3, -0.25) is 14.9 Å². The van der Waals surface area contributed by atoms with E-state index < -0.39 is 0 Å². The minimum atomic E-state index is -0.258. The van der Waals surface area contributed by atoms with Gasteiger partial charge >= 0.3 is 0 Å². The van der Waals surface area contributed by atoms with Crippen LogP contribution < -0.4 is 5.32 Å². The maximum Gasteiger partial charge on any atom is 0.269 e. The van der Waals surface area contributed by atoms with E-state index in [0.717, 1.165) is 10.6 Å². The molecule has 0 atom stereocenters. The van der Waals surface area contributed by atoms with Gasteiger partial charge in [-0.25, -0.2) is 9.97 Å². The lowest BCUT2D eigenvalue weighted by atomic mass is 10.2. The summed E-state index contributed by atoms with van der Waals surface area (Å²) in [6.45, 7) is 3.25. The van der Waals surface area contributed by atoms with Gasteiger partial charge in [-0.1, -0.05) is 30.3 Å². The smallest absolute Gasteiger partial charge is 0.269 e. The molecule has 0 unspecified atom stereocenters. The molecular weight excluding hydrogens is 330 g/mol. The summed E-state index contributed by atoms with van der Waals surface area (Å²) >= 11 is 2.57. The fourth-order valence-electron chi connectivity index (χ4n) is 1.96. The topological polar surface area (TPSA) is 72.0 Å². The molecule has 1 amide bonds. The third-order valence-corrected chi connectivity index (χ3v) is 5.07. The van der Waals surface area contributed by atoms with Crippen LogP contribution in [0.15, 0.2) is 35.7 Å². The van der Waals surface area contributed by atoms with E-state index in [4.69, 9.17) is 0 Å². The normalized spacial score (nSPS) is 10.5. The Balaban J connectivity index is 1.82. The highest BCUT2D eigenvalue weighted by atomic mass is 32.1. The van der Waals surface area contributed by atoms with Crippen molar-refractivity contribution < 1.29 is 9.59 Å². The van der Waals surface area contributed by atoms with Crippen molar-refractivity contribution in [3.8, 4) is 10.6 Å². The van der Waals surface area contributed by atoms with Gasteiger partial charge in [0.05, 0.1) is 5.69 Å². The summed E-state index contributed by atoms with van der Waals surface area (Å²) in [5.41, 5.74) is 2.01. The molecule has 23 heavy (non-hydrogen) atoms. The fraction of sp³-hybridized carbons (Fsp3) is 0.125. The molecule has 0 fully saturated rings. The van der Waals surface area contributed by atoms with Crippen molar-refractivity contribution in [2.45, 2.75) is 13.8 Å². The van der Waals surface area contributed by atoms with E-state index in [1.165, 1.54) is 29.6 Å². The summed E-state index contributed by atoms with van der Waals surface area (Å²) in [5, 5.41) is 5.57. The summed E-state index contributed by atoms with van der Waals surface area (Å²) in [6.07, 6.45) is 0. The molecule has 116 valence electrons. The van der Waals surface area contributed by atoms with Gasteiger partial charge in [-0.2, -0.15) is 0 Å². The van der Waals surface area contributed by atoms with E-state index in [1.807, 2.05) is 30.3 Å². The number of thiazole rings is 2. The Morgan fingerprint density at radius 3 is 2.52 bits per heavy atom. The number of carbonyl (C=O) groups excluding carboxylic acids is 2. The van der Waals surface area contributed by atoms with E-state index in [2.05, 4.69) is 15.3 Å². The summed E-state index contributed by atoms with van der Waals surface area (Å²) in [6, 6.07) is 9.72. The summed E-state index contributed by atoms with van der Waals surface area (Å²) in [7, 11) is 0. The highest BCUT2D eigenvalue weighted by molar-refractivity contribution is 7.17. The maximum atomic E-state index is 12.4. The highest BCUT2D eigenvalue weighted by Crippen LogP contribution is 2.28. The predicted octanol–water partition coefficient (Wildman–Crippen LogP) is 4.03. The molecule has 5 nitrogen and oxygen atoms in total. The van der Waals surface area contributed by atoms with Gasteiger partial charge in [0.2, 0.25) is 0 Å². The fourth-order valence-corrected chi connectivity index (χ4v) is 3.67. The average Bonchev–Trinajstić information content (AvgIpc) is 3.15. The van der Waals surface area contributed by atoms with Crippen molar-refractivity contribution in [1.29, 1.82) is 0 Å². The molecule has 3 rings (SSSR count). The molecule has 0 saturated carbocycles. The van der Waals surface area contributed by atoms with Crippen LogP contribution in [0.3, 0.4) is 0 Å². The number of hydrogen-bond acceptors (Lipinski definition) is 6. The number of rotatable bonds is 4. The molecule has 1 N–H and O–H groups in total. The van der Waals surface area contributed by atoms with Gasteiger partial charge in [0.1, 0.15) is 15.6 Å². The number of aryl methyl sites for hydroxylation is 1. The number of amides is 1. The van der Waals surface area contributed by atoms with Crippen molar-refractivity contribution in [2.24, 2.45) is 0 Å². The first-order chi connectivity index (χ1) is 11.0. The average molecular weight is 343 g/mol. The standard InChI is InChI=1S/C16H13N3O2S2/c1-9-13(23-15(17-9)11-6-4-3-5-7-11)14(21)19-16-18-12(8-22-16)10(2)20/h3-8H,1-2H3,(H,18,19,21). The first kappa shape index (κ1) is 15.5. The third kappa shape index (κ3) is 3.35. The molecule has 3 aromatic rings. The van der Waals surface area contributed by atoms with Crippen LogP contribution in [0.1, 0.15) is 32.8 Å². The van der Waals surface area contributed by atoms with Gasteiger partial charge in [-0.05, 0) is 6.92 Å². The van der Waals surface area contributed by atoms with Crippen molar-refractivity contribution in [1.82, 2.24) is 9.97 Å². The molecule has 0 bridgehead atoms. The quantitative estimate of drug-likeness (QED) is 0.726. The van der Waals surface area contributed by atoms with Crippen LogP contribution in [-0.4, -0.2) is 21.7 Å². The lowest BCUT2D eigenvalue weighted by Gasteiger charge is -1.98. The molecule has 0 spiro atoms. The van der Waals surface area contributed by atoms with E-state index >= 15 is 0 Å². The maximum absolute atomic E-state index is 12.4. The van der Waals surface area contributed by atoms with Crippen molar-refractivity contribution in [3.05, 3.63) is 52.0 Å². The zero-order chi connectivity index (χ0) is 16.4. The number of aromatic nitrogens is 2. The molecule has 0 radical (unpaired) electrons. The lowest BCUT2D eigenvalue weighted by molar-refractivity contribution is 0.100. The summed E-state index contributed by atoms with van der Waals surface area (Å²) < 4.78 is 0. The van der Waals surface area contributed by atoms with Crippen LogP contribution >= 0.6 is 22.7 Å². The second-order valence-corrected chi connectivity index (χ2v) is 6.70. The van der Waals surface area contributed by atoms with E-state index in [-0.39, 0.29) is 11.7 Å². The second-order valence-electron chi connectivity index (χ2n) is 4.85. The van der Waals surface area contributed by atoms with Gasteiger partial charge in [0, 0.05) is 17.9 Å². The molecule has 0 aliphatic carbocycles. The minimum absolute atomic E-state index is 0.123. The minimum Gasteiger partial charge on any atom is -0.297 e. The predicted molar refractivity (Wildman–Crippen MR) is 92.4 cm³/mol. The Morgan fingerprint density at radius 2 is 1.87 bits per heavy atom. The van der Waals surface area contributed by atoms with Crippen LogP contribution in [0, 0.1) is 6.92 Å². The van der Waals surface area contributed by atoms with Gasteiger partial charge in [0.15, 0.2) is 10.9 Å². The van der Waals surface area contributed by atoms with Crippen LogP contribution in [0.2, 0.25) is 0 Å². The number of nitrogens with zero attached hydrogens (tertiary/aromatic N) is 2. The number of hydrogen-bond donors (Lipinski definition) is 1. The van der Waals surface area contributed by atoms with E-state index in [0.29, 0.717) is 21.4 Å². The van der Waals surface area contributed by atoms with Crippen LogP contribution in [0.25, 0.3) is 10.6 Å². The van der Waals surface area contributed by atoms with Gasteiger partial charge in [0.25, 0.3) is 5.91 Å². The van der Waals surface area contributed by atoms with Crippen LogP contribution in [0.5, 0.6) is 0 Å². The molecule has 2 aromatic heterocycles. The number of Topliss-reactive ketones (excluding diaryl/α,β-unsaturated/α-hetero) is 1. The Morgan fingerprint density at radius 1 is 1.13 bits per heavy atom. The number of anilines is 1. The second kappa shape index (κ2) is 6.39. The molecular formula is C16H13N3O2S2. The van der Waals surface area contributed by atoms with Gasteiger partial charge < -0.3 is 0 Å². The summed E-state index contributed by atoms with van der Waals surface area (Å²) in [5.74, 6) is -0.381. The first-order valence-electron chi connectivity index (χ1n) is 6.85. The molecule has 2 heterocycles. The van der Waals surface area contributed by atoms with Crippen LogP contribution in [0.4, 0.5) is 5.13 Å². The number of benzene rings is 1. The molecule has 0 aliphatic rings. The van der Waals surface area contributed by atoms with Crippen molar-refractivity contribution in [2.75, 3.05) is 5.32 Å². The van der Waals surface area contributed by atoms with E-state index in [1.54, 1.807) is 12.3 Å². The largest absolute Gasteiger partial charge is 0.297 e. The molecule has 0 aliphatic heterocycles. The van der Waals surface area contributed by atoms with Crippen LogP contribution in [-0.2, 0) is 0 Å². The molecule has 7 heteroatoms. The third-order valence-electron chi connectivity index (χ3n) is 3.11. The number of nitrogens with one attached hydrogen (secondary N) is 1. The number of carbonyl (C=O) groups is 2. The van der Waals surface area contributed by atoms with Crippen molar-refractivity contribution in [3.63, 3.8) is 0 Å². The monoisotopic (exact) mass is 343 g/mol. The number of ketones is 1. The highest BCUT2D eigenvalue weighted by Gasteiger charge is 2.17. The Labute approximate surface area is 141 Å². The molecule has 1 aromatic carbocycles. The van der Waals surface area contributed by atoms with Crippen molar-refractivity contribution >= 4 is 39.5 Å². The Hall–Kier alpha value is -2.38. The molecule has 0 saturated heterocycles. The SMILES string of the molecule is CC(=O)c1csc(NC(=O)c2sc(-c3ccccc3)nc2C)n1. The zero-order valence-corrected chi connectivity index (χ0v) is 14.1. The summed E-state index contributed by atoms with van der Waals surface area (Å²) in [4.78, 5) is 32.8. The zero-order valence-electron chi connectivity index (χ0n) is 12.5. The Kier molecular flexibility index (Phi) is 4.31. The van der Waals surface area contributed by atoms with Gasteiger partial charge in [-0.15, -0.1) is 22.7 Å². The Bertz CT molecular complexity index is 869. The lowest BCUT2D eigenvalue weighted by Crippen LogP contribution is -2.11. The van der Waals surface area contributed by atoms with E-state index in [9.17, 15) is 9.59 Å².